The highest BCUT2D eigenvalue weighted by atomic mass is 16.5. The van der Waals surface area contributed by atoms with E-state index in [4.69, 9.17) is 4.74 Å². The molecule has 1 heteroatoms. The Balaban J connectivity index is 4.92. The smallest absolute Gasteiger partial charge is 0.0578 e. The van der Waals surface area contributed by atoms with E-state index in [-0.39, 0.29) is 0 Å². The third-order valence-electron chi connectivity index (χ3n) is 15.7. The molecule has 0 radical (unpaired) electrons. The Morgan fingerprint density at radius 1 is 0.188 bits per heavy atom. The summed E-state index contributed by atoms with van der Waals surface area (Å²) in [6.07, 6.45) is 92.6. The monoisotopic (exact) mass is 967 g/mol. The molecule has 412 valence electrons. The normalized spacial score (nSPS) is 12.9. The van der Waals surface area contributed by atoms with Crippen LogP contribution in [0.5, 0.6) is 0 Å². The Hall–Kier alpha value is -0.560. The van der Waals surface area contributed by atoms with Crippen molar-refractivity contribution in [2.24, 2.45) is 0 Å². The zero-order valence-corrected chi connectivity index (χ0v) is 48.9. The van der Waals surface area contributed by atoms with Crippen LogP contribution in [-0.2, 0) is 4.74 Å². The SMILES string of the molecule is CCCCCCCC/C=C\CCCCCCCC(CCCCCCCCCCCCCCCC)OC(CCCCCCC/C=C\CCCCCCCC)CCCCCCCCCCCCCCCC. The lowest BCUT2D eigenvalue weighted by Crippen LogP contribution is -2.23. The zero-order chi connectivity index (χ0) is 49.7. The van der Waals surface area contributed by atoms with E-state index in [1.54, 1.807) is 0 Å². The van der Waals surface area contributed by atoms with Gasteiger partial charge in [0.2, 0.25) is 0 Å². The van der Waals surface area contributed by atoms with Crippen LogP contribution in [-0.4, -0.2) is 12.2 Å². The second-order valence-corrected chi connectivity index (χ2v) is 22.9. The predicted octanol–water partition coefficient (Wildman–Crippen LogP) is 25.6. The van der Waals surface area contributed by atoms with Crippen LogP contribution in [0, 0.1) is 0 Å². The number of unbranched alkanes of at least 4 members (excludes halogenated alkanes) is 48. The van der Waals surface area contributed by atoms with E-state index in [1.165, 1.54) is 372 Å². The summed E-state index contributed by atoms with van der Waals surface area (Å²) in [5.41, 5.74) is 0. The van der Waals surface area contributed by atoms with E-state index in [1.807, 2.05) is 0 Å². The second kappa shape index (κ2) is 63.6. The fraction of sp³-hybridized carbons (Fsp3) is 0.941. The van der Waals surface area contributed by atoms with Gasteiger partial charge in [0, 0.05) is 0 Å². The van der Waals surface area contributed by atoms with Crippen molar-refractivity contribution in [2.45, 2.75) is 412 Å². The molecule has 0 aliphatic rings. The van der Waals surface area contributed by atoms with Gasteiger partial charge < -0.3 is 4.74 Å². The van der Waals surface area contributed by atoms with Crippen molar-refractivity contribution in [2.75, 3.05) is 0 Å². The van der Waals surface area contributed by atoms with Gasteiger partial charge in [0.05, 0.1) is 12.2 Å². The predicted molar refractivity (Wildman–Crippen MR) is 317 cm³/mol. The van der Waals surface area contributed by atoms with Crippen LogP contribution in [0.1, 0.15) is 400 Å². The third kappa shape index (κ3) is 59.9. The summed E-state index contributed by atoms with van der Waals surface area (Å²) in [6, 6.07) is 0. The maximum Gasteiger partial charge on any atom is 0.0578 e. The molecule has 0 aliphatic heterocycles. The van der Waals surface area contributed by atoms with Crippen molar-refractivity contribution >= 4 is 0 Å². The van der Waals surface area contributed by atoms with Crippen LogP contribution >= 0.6 is 0 Å². The average molecular weight is 968 g/mol. The van der Waals surface area contributed by atoms with Gasteiger partial charge in [0.15, 0.2) is 0 Å². The topological polar surface area (TPSA) is 9.23 Å². The summed E-state index contributed by atoms with van der Waals surface area (Å²) in [6.45, 7) is 9.28. The van der Waals surface area contributed by atoms with Gasteiger partial charge in [-0.3, -0.25) is 0 Å². The van der Waals surface area contributed by atoms with Crippen LogP contribution in [0.3, 0.4) is 0 Å². The number of rotatable bonds is 62. The van der Waals surface area contributed by atoms with Crippen molar-refractivity contribution in [3.8, 4) is 0 Å². The summed E-state index contributed by atoms with van der Waals surface area (Å²) in [4.78, 5) is 0. The Morgan fingerprint density at radius 2 is 0.333 bits per heavy atom. The van der Waals surface area contributed by atoms with Gasteiger partial charge in [-0.15, -0.1) is 0 Å². The van der Waals surface area contributed by atoms with E-state index in [9.17, 15) is 0 Å². The molecular formula is C68H134O. The summed E-state index contributed by atoms with van der Waals surface area (Å²) < 4.78 is 7.30. The van der Waals surface area contributed by atoms with Crippen molar-refractivity contribution < 1.29 is 4.74 Å². The molecular weight excluding hydrogens is 833 g/mol. The van der Waals surface area contributed by atoms with E-state index < -0.39 is 0 Å². The van der Waals surface area contributed by atoms with Crippen molar-refractivity contribution in [1.82, 2.24) is 0 Å². The average Bonchev–Trinajstić information content (AvgIpc) is 3.36. The van der Waals surface area contributed by atoms with Crippen LogP contribution in [0.2, 0.25) is 0 Å². The van der Waals surface area contributed by atoms with Crippen LogP contribution < -0.4 is 0 Å². The zero-order valence-electron chi connectivity index (χ0n) is 48.9. The lowest BCUT2D eigenvalue weighted by Gasteiger charge is -2.26. The Kier molecular flexibility index (Phi) is 63.0. The number of ether oxygens (including phenoxy) is 1. The van der Waals surface area contributed by atoms with Crippen LogP contribution in [0.15, 0.2) is 24.3 Å². The maximum absolute atomic E-state index is 7.30. The van der Waals surface area contributed by atoms with Gasteiger partial charge in [-0.05, 0) is 77.0 Å². The molecule has 0 aliphatic carbocycles. The van der Waals surface area contributed by atoms with Crippen LogP contribution in [0.25, 0.3) is 0 Å². The van der Waals surface area contributed by atoms with Gasteiger partial charge in [0.1, 0.15) is 0 Å². The highest BCUT2D eigenvalue weighted by Gasteiger charge is 2.17. The van der Waals surface area contributed by atoms with Gasteiger partial charge in [-0.1, -0.05) is 347 Å². The fourth-order valence-corrected chi connectivity index (χ4v) is 10.9. The van der Waals surface area contributed by atoms with E-state index in [0.29, 0.717) is 12.2 Å². The Bertz CT molecular complexity index is 860. The molecule has 0 fully saturated rings. The first-order valence-electron chi connectivity index (χ1n) is 33.2. The quantitative estimate of drug-likeness (QED) is 0.0436. The largest absolute Gasteiger partial charge is 0.375 e. The van der Waals surface area contributed by atoms with E-state index in [0.717, 1.165) is 0 Å². The molecule has 0 rings (SSSR count). The highest BCUT2D eigenvalue weighted by molar-refractivity contribution is 4.82. The highest BCUT2D eigenvalue weighted by Crippen LogP contribution is 2.24. The number of hydrogen-bond acceptors (Lipinski definition) is 1. The first-order chi connectivity index (χ1) is 34.3. The lowest BCUT2D eigenvalue weighted by molar-refractivity contribution is -0.0324. The van der Waals surface area contributed by atoms with Crippen LogP contribution in [0.4, 0.5) is 0 Å². The Morgan fingerprint density at radius 3 is 0.507 bits per heavy atom. The first-order valence-corrected chi connectivity index (χ1v) is 33.2. The molecule has 0 aromatic carbocycles. The molecule has 69 heavy (non-hydrogen) atoms. The fourth-order valence-electron chi connectivity index (χ4n) is 10.9. The number of hydrogen-bond donors (Lipinski definition) is 0. The molecule has 0 amide bonds. The van der Waals surface area contributed by atoms with Crippen molar-refractivity contribution in [3.05, 3.63) is 24.3 Å². The summed E-state index contributed by atoms with van der Waals surface area (Å²) in [7, 11) is 0. The first kappa shape index (κ1) is 68.4. The molecule has 0 bridgehead atoms. The van der Waals surface area contributed by atoms with E-state index in [2.05, 4.69) is 52.0 Å². The van der Waals surface area contributed by atoms with Gasteiger partial charge in [-0.2, -0.15) is 0 Å². The summed E-state index contributed by atoms with van der Waals surface area (Å²) in [5, 5.41) is 0. The van der Waals surface area contributed by atoms with Gasteiger partial charge >= 0.3 is 0 Å². The molecule has 2 unspecified atom stereocenters. The minimum absolute atomic E-state index is 0.493. The molecule has 0 heterocycles. The van der Waals surface area contributed by atoms with Crippen molar-refractivity contribution in [3.63, 3.8) is 0 Å². The molecule has 0 saturated heterocycles. The molecule has 0 spiro atoms. The lowest BCUT2D eigenvalue weighted by atomic mass is 9.99. The standard InChI is InChI=1S/C68H134O/c1-5-9-13-17-21-25-29-33-37-41-45-49-53-57-61-65-67(63-59-55-51-47-43-39-35-31-27-23-19-15-11-7-3)69-68(64-60-56-52-48-44-40-36-32-28-24-20-16-12-8-4)66-62-58-54-50-46-42-38-34-30-26-22-18-14-10-6-2/h33-34,37-38,67-68H,5-32,35-36,39-66H2,1-4H3/b37-33-,38-34-. The van der Waals surface area contributed by atoms with Crippen molar-refractivity contribution in [1.29, 1.82) is 0 Å². The molecule has 1 nitrogen and oxygen atoms in total. The van der Waals surface area contributed by atoms with E-state index >= 15 is 0 Å². The Labute approximate surface area is 439 Å². The molecule has 0 aromatic heterocycles. The maximum atomic E-state index is 7.30. The van der Waals surface area contributed by atoms with Gasteiger partial charge in [-0.25, -0.2) is 0 Å². The minimum Gasteiger partial charge on any atom is -0.375 e. The molecule has 0 aromatic rings. The summed E-state index contributed by atoms with van der Waals surface area (Å²) >= 11 is 0. The number of allylic oxidation sites excluding steroid dienone is 4. The molecule has 0 N–H and O–H groups in total. The molecule has 0 saturated carbocycles. The second-order valence-electron chi connectivity index (χ2n) is 22.9. The van der Waals surface area contributed by atoms with Gasteiger partial charge in [0.25, 0.3) is 0 Å². The summed E-state index contributed by atoms with van der Waals surface area (Å²) in [5.74, 6) is 0. The minimum atomic E-state index is 0.493. The molecule has 2 atom stereocenters. The third-order valence-corrected chi connectivity index (χ3v) is 15.7.